The molecule has 12 heavy (non-hydrogen) atoms. The van der Waals surface area contributed by atoms with Crippen LogP contribution in [-0.4, -0.2) is 22.5 Å². The lowest BCUT2D eigenvalue weighted by Gasteiger charge is -2.06. The van der Waals surface area contributed by atoms with E-state index >= 15 is 0 Å². The Labute approximate surface area is 75.2 Å². The summed E-state index contributed by atoms with van der Waals surface area (Å²) in [4.78, 5) is 12.4. The quantitative estimate of drug-likeness (QED) is 0.576. The molecule has 0 bridgehead atoms. The van der Waals surface area contributed by atoms with Gasteiger partial charge in [-0.25, -0.2) is 0 Å². The van der Waals surface area contributed by atoms with Crippen molar-refractivity contribution in [3.63, 3.8) is 0 Å². The lowest BCUT2D eigenvalue weighted by Crippen LogP contribution is -2.28. The first-order chi connectivity index (χ1) is 5.61. The van der Waals surface area contributed by atoms with Crippen LogP contribution in [0.2, 0.25) is 0 Å². The molecule has 0 saturated carbocycles. The van der Waals surface area contributed by atoms with Gasteiger partial charge >= 0.3 is 0 Å². The van der Waals surface area contributed by atoms with Crippen molar-refractivity contribution in [1.82, 2.24) is 5.32 Å². The average molecular weight is 185 g/mol. The van der Waals surface area contributed by atoms with Crippen LogP contribution in [0.15, 0.2) is 10.5 Å². The van der Waals surface area contributed by atoms with E-state index in [1.54, 1.807) is 11.8 Å². The van der Waals surface area contributed by atoms with Crippen LogP contribution < -0.4 is 5.32 Å². The summed E-state index contributed by atoms with van der Waals surface area (Å²) in [5.41, 5.74) is 0.887. The Morgan fingerprint density at radius 1 is 1.58 bits per heavy atom. The molecule has 0 aromatic rings. The van der Waals surface area contributed by atoms with Gasteiger partial charge in [0.1, 0.15) is 0 Å². The van der Waals surface area contributed by atoms with Crippen LogP contribution in [0, 0.1) is 5.92 Å². The Balaban J connectivity index is 2.41. The van der Waals surface area contributed by atoms with E-state index in [0.717, 1.165) is 10.5 Å². The molecule has 2 N–H and O–H groups in total. The standard InChI is InChI=1S/C8H11NO2S/c1-3-5-6(4(2)12-3)8(11)9-7(5)10/h3,5,8,11H,1-2H3,(H,9,10). The fraction of sp³-hybridized carbons (Fsp3) is 0.625. The van der Waals surface area contributed by atoms with E-state index in [-0.39, 0.29) is 17.1 Å². The topological polar surface area (TPSA) is 49.3 Å². The summed E-state index contributed by atoms with van der Waals surface area (Å²) in [6.45, 7) is 3.98. The van der Waals surface area contributed by atoms with Crippen molar-refractivity contribution in [2.24, 2.45) is 5.92 Å². The highest BCUT2D eigenvalue weighted by atomic mass is 32.2. The molecule has 1 fully saturated rings. The van der Waals surface area contributed by atoms with Gasteiger partial charge in [0.15, 0.2) is 6.23 Å². The van der Waals surface area contributed by atoms with Crippen molar-refractivity contribution < 1.29 is 9.90 Å². The Morgan fingerprint density at radius 2 is 2.25 bits per heavy atom. The number of carbonyl (C=O) groups excluding carboxylic acids is 1. The summed E-state index contributed by atoms with van der Waals surface area (Å²) >= 11 is 1.68. The van der Waals surface area contributed by atoms with Crippen molar-refractivity contribution in [2.45, 2.75) is 25.3 Å². The van der Waals surface area contributed by atoms with Gasteiger partial charge in [-0.05, 0) is 11.8 Å². The number of amides is 1. The van der Waals surface area contributed by atoms with Gasteiger partial charge < -0.3 is 10.4 Å². The van der Waals surface area contributed by atoms with Crippen molar-refractivity contribution in [3.8, 4) is 0 Å². The molecule has 66 valence electrons. The molecule has 0 radical (unpaired) electrons. The van der Waals surface area contributed by atoms with Gasteiger partial charge in [-0.15, -0.1) is 11.8 Å². The number of rotatable bonds is 0. The number of aliphatic hydroxyl groups excluding tert-OH is 1. The average Bonchev–Trinajstić information content (AvgIpc) is 2.38. The lowest BCUT2D eigenvalue weighted by molar-refractivity contribution is -0.122. The highest BCUT2D eigenvalue weighted by Crippen LogP contribution is 2.45. The molecule has 4 heteroatoms. The number of fused-ring (bicyclic) bond motifs is 1. The minimum atomic E-state index is -0.736. The van der Waals surface area contributed by atoms with Crippen LogP contribution in [-0.2, 0) is 4.79 Å². The van der Waals surface area contributed by atoms with Crippen LogP contribution in [0.4, 0.5) is 0 Å². The normalized spacial score (nSPS) is 40.2. The summed E-state index contributed by atoms with van der Waals surface area (Å²) in [5, 5.41) is 12.3. The van der Waals surface area contributed by atoms with Gasteiger partial charge in [-0.3, -0.25) is 4.79 Å². The first kappa shape index (κ1) is 8.13. The maximum Gasteiger partial charge on any atom is 0.230 e. The minimum Gasteiger partial charge on any atom is -0.370 e. The molecule has 0 aromatic carbocycles. The van der Waals surface area contributed by atoms with Gasteiger partial charge in [0.05, 0.1) is 5.92 Å². The van der Waals surface area contributed by atoms with Crippen LogP contribution >= 0.6 is 11.8 Å². The molecule has 2 rings (SSSR count). The molecule has 2 aliphatic heterocycles. The van der Waals surface area contributed by atoms with Crippen molar-refractivity contribution in [2.75, 3.05) is 0 Å². The maximum absolute atomic E-state index is 11.3. The van der Waals surface area contributed by atoms with Gasteiger partial charge in [0.2, 0.25) is 5.91 Å². The SMILES string of the molecule is CC1=C2C(O)NC(=O)C2C(C)S1. The summed E-state index contributed by atoms with van der Waals surface area (Å²) in [6, 6.07) is 0. The molecule has 2 aliphatic rings. The number of aliphatic hydroxyl groups is 1. The van der Waals surface area contributed by atoms with E-state index < -0.39 is 6.23 Å². The van der Waals surface area contributed by atoms with Crippen LogP contribution in [0.3, 0.4) is 0 Å². The van der Waals surface area contributed by atoms with Crippen molar-refractivity contribution in [1.29, 1.82) is 0 Å². The zero-order chi connectivity index (χ0) is 8.88. The Hall–Kier alpha value is -0.480. The van der Waals surface area contributed by atoms with Gasteiger partial charge in [-0.2, -0.15) is 0 Å². The predicted octanol–water partition coefficient (Wildman–Crippen LogP) is 0.460. The molecule has 2 heterocycles. The summed E-state index contributed by atoms with van der Waals surface area (Å²) < 4.78 is 0. The molecule has 0 aromatic heterocycles. The number of carbonyl (C=O) groups is 1. The van der Waals surface area contributed by atoms with E-state index in [2.05, 4.69) is 5.32 Å². The zero-order valence-electron chi connectivity index (χ0n) is 7.00. The number of thioether (sulfide) groups is 1. The Kier molecular flexibility index (Phi) is 1.70. The second-order valence-electron chi connectivity index (χ2n) is 3.22. The van der Waals surface area contributed by atoms with E-state index in [9.17, 15) is 9.90 Å². The highest BCUT2D eigenvalue weighted by Gasteiger charge is 2.45. The number of hydrogen-bond acceptors (Lipinski definition) is 3. The van der Waals surface area contributed by atoms with Crippen LogP contribution in [0.1, 0.15) is 13.8 Å². The van der Waals surface area contributed by atoms with Gasteiger partial charge in [-0.1, -0.05) is 6.92 Å². The fourth-order valence-corrected chi connectivity index (χ4v) is 3.24. The molecular formula is C8H11NO2S. The van der Waals surface area contributed by atoms with Crippen LogP contribution in [0.5, 0.6) is 0 Å². The third-order valence-corrected chi connectivity index (χ3v) is 3.66. The van der Waals surface area contributed by atoms with Crippen molar-refractivity contribution in [3.05, 3.63) is 10.5 Å². The van der Waals surface area contributed by atoms with E-state index in [0.29, 0.717) is 0 Å². The third-order valence-electron chi connectivity index (χ3n) is 2.43. The largest absolute Gasteiger partial charge is 0.370 e. The first-order valence-electron chi connectivity index (χ1n) is 3.97. The molecular weight excluding hydrogens is 174 g/mol. The summed E-state index contributed by atoms with van der Waals surface area (Å²) in [7, 11) is 0. The molecule has 3 unspecified atom stereocenters. The molecule has 0 spiro atoms. The second-order valence-corrected chi connectivity index (χ2v) is 4.81. The van der Waals surface area contributed by atoms with E-state index in [4.69, 9.17) is 0 Å². The molecule has 1 amide bonds. The minimum absolute atomic E-state index is 0.0330. The van der Waals surface area contributed by atoms with Gasteiger partial charge in [0.25, 0.3) is 0 Å². The predicted molar refractivity (Wildman–Crippen MR) is 47.4 cm³/mol. The zero-order valence-corrected chi connectivity index (χ0v) is 7.81. The first-order valence-corrected chi connectivity index (χ1v) is 4.85. The second kappa shape index (κ2) is 2.50. The number of allylic oxidation sites excluding steroid dienone is 1. The lowest BCUT2D eigenvalue weighted by atomic mass is 9.98. The maximum atomic E-state index is 11.3. The Bertz CT molecular complexity index is 274. The Morgan fingerprint density at radius 3 is 2.83 bits per heavy atom. The molecule has 3 nitrogen and oxygen atoms in total. The smallest absolute Gasteiger partial charge is 0.230 e. The monoisotopic (exact) mass is 185 g/mol. The van der Waals surface area contributed by atoms with Gasteiger partial charge in [0, 0.05) is 10.8 Å². The summed E-state index contributed by atoms with van der Waals surface area (Å²) in [5.74, 6) is -0.126. The van der Waals surface area contributed by atoms with E-state index in [1.165, 1.54) is 0 Å². The molecule has 1 saturated heterocycles. The van der Waals surface area contributed by atoms with E-state index in [1.807, 2.05) is 13.8 Å². The molecule has 0 aliphatic carbocycles. The summed E-state index contributed by atoms with van der Waals surface area (Å²) in [6.07, 6.45) is -0.736. The molecule has 3 atom stereocenters. The van der Waals surface area contributed by atoms with Crippen molar-refractivity contribution >= 4 is 17.7 Å². The highest BCUT2D eigenvalue weighted by molar-refractivity contribution is 8.03. The third kappa shape index (κ3) is 0.912. The number of nitrogens with one attached hydrogen (secondary N) is 1. The number of hydrogen-bond donors (Lipinski definition) is 2. The van der Waals surface area contributed by atoms with Crippen LogP contribution in [0.25, 0.3) is 0 Å². The fourth-order valence-electron chi connectivity index (χ4n) is 1.91.